The monoisotopic (exact) mass is 288 g/mol. The van der Waals surface area contributed by atoms with Crippen LogP contribution in [0.25, 0.3) is 0 Å². The molecule has 2 fully saturated rings. The van der Waals surface area contributed by atoms with Crippen LogP contribution in [-0.4, -0.2) is 29.9 Å². The lowest BCUT2D eigenvalue weighted by atomic mass is 9.82. The molecular weight excluding hydrogens is 264 g/mol. The topological polar surface area (TPSA) is 56.4 Å². The second-order valence-corrected chi connectivity index (χ2v) is 6.26. The Morgan fingerprint density at radius 2 is 2.00 bits per heavy atom. The van der Waals surface area contributed by atoms with Crippen molar-refractivity contribution in [1.82, 2.24) is 21.3 Å². The van der Waals surface area contributed by atoms with Crippen LogP contribution in [-0.2, 0) is 11.3 Å². The number of aryl methyl sites for hydroxylation is 1. The molecule has 1 saturated heterocycles. The summed E-state index contributed by atoms with van der Waals surface area (Å²) in [7, 11) is 1.92. The molecule has 0 radical (unpaired) electrons. The van der Waals surface area contributed by atoms with Crippen LogP contribution in [0.4, 0.5) is 0 Å². The van der Waals surface area contributed by atoms with E-state index in [1.807, 2.05) is 24.1 Å². The van der Waals surface area contributed by atoms with Gasteiger partial charge in [-0.25, -0.2) is 10.9 Å². The molecule has 3 rings (SSSR count). The second kappa shape index (κ2) is 6.13. The molecule has 3 N–H and O–H groups in total. The Labute approximate surface area is 126 Å². The fourth-order valence-corrected chi connectivity index (χ4v) is 3.39. The van der Waals surface area contributed by atoms with Gasteiger partial charge in [0, 0.05) is 31.6 Å². The van der Waals surface area contributed by atoms with Crippen LogP contribution in [0.5, 0.6) is 0 Å². The summed E-state index contributed by atoms with van der Waals surface area (Å²) in [6.45, 7) is 2.79. The third kappa shape index (κ3) is 3.10. The van der Waals surface area contributed by atoms with Crippen molar-refractivity contribution in [2.24, 2.45) is 5.92 Å². The average molecular weight is 288 g/mol. The number of carbonyl (C=O) groups is 1. The number of hydrazine groups is 2. The van der Waals surface area contributed by atoms with E-state index >= 15 is 0 Å². The summed E-state index contributed by atoms with van der Waals surface area (Å²) < 4.78 is 0. The van der Waals surface area contributed by atoms with E-state index in [2.05, 4.69) is 35.4 Å². The Balaban J connectivity index is 1.61. The number of benzene rings is 1. The first-order chi connectivity index (χ1) is 10.1. The van der Waals surface area contributed by atoms with Gasteiger partial charge in [0.25, 0.3) is 0 Å². The van der Waals surface area contributed by atoms with Crippen LogP contribution in [0.3, 0.4) is 0 Å². The molecule has 0 bridgehead atoms. The van der Waals surface area contributed by atoms with Gasteiger partial charge in [-0.3, -0.25) is 4.79 Å². The van der Waals surface area contributed by atoms with Gasteiger partial charge in [0.05, 0.1) is 0 Å². The molecule has 114 valence electrons. The highest BCUT2D eigenvalue weighted by molar-refractivity contribution is 5.78. The molecular formula is C16H24N4O. The van der Waals surface area contributed by atoms with Crippen LogP contribution in [0.2, 0.25) is 0 Å². The van der Waals surface area contributed by atoms with Crippen molar-refractivity contribution >= 4 is 5.91 Å². The van der Waals surface area contributed by atoms with Crippen molar-refractivity contribution in [1.29, 1.82) is 0 Å². The van der Waals surface area contributed by atoms with Gasteiger partial charge in [-0.2, -0.15) is 5.53 Å². The Morgan fingerprint density at radius 1 is 1.24 bits per heavy atom. The standard InChI is InChI=1S/C16H24N4O/c1-11-5-3-4-6-13(11)10-20(2)16(21)12-7-8-14-15(9-12)18-19-17-14/h3-6,12,14-15,17-19H,7-10H2,1-2H3. The lowest BCUT2D eigenvalue weighted by molar-refractivity contribution is -0.136. The van der Waals surface area contributed by atoms with E-state index in [1.165, 1.54) is 11.1 Å². The zero-order chi connectivity index (χ0) is 14.8. The molecule has 1 amide bonds. The molecule has 1 saturated carbocycles. The molecule has 5 nitrogen and oxygen atoms in total. The maximum absolute atomic E-state index is 12.7. The van der Waals surface area contributed by atoms with Crippen LogP contribution >= 0.6 is 0 Å². The van der Waals surface area contributed by atoms with Crippen molar-refractivity contribution in [2.45, 2.75) is 44.8 Å². The minimum atomic E-state index is 0.134. The highest BCUT2D eigenvalue weighted by Crippen LogP contribution is 2.27. The van der Waals surface area contributed by atoms with Crippen molar-refractivity contribution in [3.63, 3.8) is 0 Å². The average Bonchev–Trinajstić information content (AvgIpc) is 2.96. The summed E-state index contributed by atoms with van der Waals surface area (Å²) >= 11 is 0. The highest BCUT2D eigenvalue weighted by atomic mass is 16.2. The Hall–Kier alpha value is -1.43. The number of nitrogens with zero attached hydrogens (tertiary/aromatic N) is 1. The summed E-state index contributed by atoms with van der Waals surface area (Å²) in [6.07, 6.45) is 2.91. The lowest BCUT2D eigenvalue weighted by Gasteiger charge is -2.32. The van der Waals surface area contributed by atoms with Gasteiger partial charge < -0.3 is 4.90 Å². The predicted molar refractivity (Wildman–Crippen MR) is 82.0 cm³/mol. The quantitative estimate of drug-likeness (QED) is 0.780. The third-order valence-corrected chi connectivity index (χ3v) is 4.76. The van der Waals surface area contributed by atoms with Gasteiger partial charge in [0.15, 0.2) is 0 Å². The van der Waals surface area contributed by atoms with Gasteiger partial charge in [0.1, 0.15) is 0 Å². The van der Waals surface area contributed by atoms with Crippen LogP contribution < -0.4 is 16.4 Å². The summed E-state index contributed by atoms with van der Waals surface area (Å²) in [5.41, 5.74) is 11.9. The van der Waals surface area contributed by atoms with Crippen LogP contribution in [0, 0.1) is 12.8 Å². The fourth-order valence-electron chi connectivity index (χ4n) is 3.39. The molecule has 3 unspecified atom stereocenters. The van der Waals surface area contributed by atoms with E-state index in [9.17, 15) is 4.79 Å². The summed E-state index contributed by atoms with van der Waals surface area (Å²) in [4.78, 5) is 14.5. The van der Waals surface area contributed by atoms with Crippen LogP contribution in [0.15, 0.2) is 24.3 Å². The Morgan fingerprint density at radius 3 is 2.81 bits per heavy atom. The van der Waals surface area contributed by atoms with Crippen molar-refractivity contribution in [3.8, 4) is 0 Å². The molecule has 0 spiro atoms. The van der Waals surface area contributed by atoms with Gasteiger partial charge in [-0.05, 0) is 37.3 Å². The third-order valence-electron chi connectivity index (χ3n) is 4.76. The van der Waals surface area contributed by atoms with Crippen LogP contribution in [0.1, 0.15) is 30.4 Å². The SMILES string of the molecule is Cc1ccccc1CN(C)C(=O)C1CCC2NNNC2C1. The van der Waals surface area contributed by atoms with E-state index < -0.39 is 0 Å². The summed E-state index contributed by atoms with van der Waals surface area (Å²) in [5.74, 6) is 0.403. The first-order valence-electron chi connectivity index (χ1n) is 7.70. The molecule has 1 aromatic rings. The van der Waals surface area contributed by atoms with Crippen molar-refractivity contribution < 1.29 is 4.79 Å². The number of fused-ring (bicyclic) bond motifs is 1. The maximum Gasteiger partial charge on any atom is 0.225 e. The maximum atomic E-state index is 12.7. The molecule has 1 aromatic carbocycles. The minimum absolute atomic E-state index is 0.134. The lowest BCUT2D eigenvalue weighted by Crippen LogP contribution is -2.44. The smallest absolute Gasteiger partial charge is 0.225 e. The summed E-state index contributed by atoms with van der Waals surface area (Å²) in [5, 5.41) is 0. The van der Waals surface area contributed by atoms with Gasteiger partial charge in [-0.15, -0.1) is 0 Å². The highest BCUT2D eigenvalue weighted by Gasteiger charge is 2.37. The molecule has 0 aromatic heterocycles. The fraction of sp³-hybridized carbons (Fsp3) is 0.562. The van der Waals surface area contributed by atoms with E-state index in [1.54, 1.807) is 0 Å². The number of hydrogen-bond donors (Lipinski definition) is 3. The van der Waals surface area contributed by atoms with E-state index in [-0.39, 0.29) is 11.8 Å². The number of hydrogen-bond acceptors (Lipinski definition) is 4. The summed E-state index contributed by atoms with van der Waals surface area (Å²) in [6, 6.07) is 9.08. The number of carbonyl (C=O) groups excluding carboxylic acids is 1. The van der Waals surface area contributed by atoms with Gasteiger partial charge in [-0.1, -0.05) is 24.3 Å². The van der Waals surface area contributed by atoms with Crippen molar-refractivity contribution in [2.75, 3.05) is 7.05 Å². The predicted octanol–water partition coefficient (Wildman–Crippen LogP) is 1.10. The number of nitrogens with one attached hydrogen (secondary N) is 3. The molecule has 1 aliphatic heterocycles. The molecule has 5 heteroatoms. The zero-order valence-electron chi connectivity index (χ0n) is 12.7. The number of rotatable bonds is 3. The Bertz CT molecular complexity index is 519. The van der Waals surface area contributed by atoms with Gasteiger partial charge in [0.2, 0.25) is 5.91 Å². The molecule has 3 atom stereocenters. The molecule has 1 heterocycles. The minimum Gasteiger partial charge on any atom is -0.341 e. The number of amides is 1. The normalized spacial score (nSPS) is 28.2. The van der Waals surface area contributed by atoms with Crippen molar-refractivity contribution in [3.05, 3.63) is 35.4 Å². The zero-order valence-corrected chi connectivity index (χ0v) is 12.7. The second-order valence-electron chi connectivity index (χ2n) is 6.26. The first-order valence-corrected chi connectivity index (χ1v) is 7.70. The molecule has 21 heavy (non-hydrogen) atoms. The van der Waals surface area contributed by atoms with E-state index in [0.29, 0.717) is 18.6 Å². The molecule has 1 aliphatic carbocycles. The van der Waals surface area contributed by atoms with Gasteiger partial charge >= 0.3 is 0 Å². The van der Waals surface area contributed by atoms with E-state index in [4.69, 9.17) is 0 Å². The molecule has 2 aliphatic rings. The van der Waals surface area contributed by atoms with E-state index in [0.717, 1.165) is 19.3 Å². The largest absolute Gasteiger partial charge is 0.341 e. The first kappa shape index (κ1) is 14.5. The Kier molecular flexibility index (Phi) is 4.24.